The quantitative estimate of drug-likeness (QED) is 0.456. The minimum Gasteiger partial charge on any atom is -0.385 e. The molecule has 0 bridgehead atoms. The number of hydrogen-bond donors (Lipinski definition) is 0. The molecule has 0 aromatic rings. The molecule has 2 heteroatoms. The Morgan fingerprint density at radius 3 is 2.50 bits per heavy atom. The van der Waals surface area contributed by atoms with Crippen LogP contribution < -0.4 is 0 Å². The number of hydrogen-bond acceptors (Lipinski definition) is 0. The van der Waals surface area contributed by atoms with Crippen molar-refractivity contribution in [3.63, 3.8) is 0 Å². The van der Waals surface area contributed by atoms with Crippen molar-refractivity contribution >= 4 is 7.85 Å². The molecular weight excluding hydrogens is 172 g/mol. The summed E-state index contributed by atoms with van der Waals surface area (Å²) in [6, 6.07) is 0. The van der Waals surface area contributed by atoms with Crippen molar-refractivity contribution in [1.82, 2.24) is 0 Å². The molecule has 3 radical (unpaired) electrons. The van der Waals surface area contributed by atoms with Crippen molar-refractivity contribution in [1.29, 1.82) is 0 Å². The van der Waals surface area contributed by atoms with Gasteiger partial charge in [-0.05, 0) is 0 Å². The summed E-state index contributed by atoms with van der Waals surface area (Å²) in [5.41, 5.74) is 0. The van der Waals surface area contributed by atoms with Gasteiger partial charge in [-0.1, -0.05) is 14.8 Å². The normalized spacial score (nSPS) is 8.12. The predicted octanol–water partition coefficient (Wildman–Crippen LogP) is 1.48. The largest absolute Gasteiger partial charge is 0.385 e. The van der Waals surface area contributed by atoms with Gasteiger partial charge in [-0.2, -0.15) is 0 Å². The Morgan fingerprint density at radius 1 is 1.50 bits per heavy atom. The third kappa shape index (κ3) is 9.82. The second-order valence-corrected chi connectivity index (χ2v) is 1.22. The molecule has 0 aromatic heterocycles. The third-order valence-electron chi connectivity index (χ3n) is 0.594. The van der Waals surface area contributed by atoms with E-state index in [1.165, 1.54) is 6.32 Å². The summed E-state index contributed by atoms with van der Waals surface area (Å²) in [6.45, 7) is 2.08. The van der Waals surface area contributed by atoms with Gasteiger partial charge in [-0.25, -0.2) is 0 Å². The fourth-order valence-corrected chi connectivity index (χ4v) is 0.279. The summed E-state index contributed by atoms with van der Waals surface area (Å²) >= 11 is 0. The monoisotopic (exact) mass is 181 g/mol. The average Bonchev–Trinajstić information content (AvgIpc) is 1.69. The third-order valence-corrected chi connectivity index (χ3v) is 0.594. The van der Waals surface area contributed by atoms with Crippen LogP contribution in [0, 0.1) is 12.7 Å². The summed E-state index contributed by atoms with van der Waals surface area (Å²) in [6.07, 6.45) is 8.38. The minimum atomic E-state index is 0. The fraction of sp³-hybridized carbons (Fsp3) is 0.333. The van der Waals surface area contributed by atoms with Gasteiger partial charge in [0.05, 0.1) is 0 Å². The van der Waals surface area contributed by atoms with Gasteiger partial charge in [0, 0.05) is 32.7 Å². The number of unbranched alkanes of at least 4 members (excludes halogenated alkanes) is 1. The van der Waals surface area contributed by atoms with Crippen molar-refractivity contribution in [2.24, 2.45) is 0 Å². The van der Waals surface area contributed by atoms with E-state index >= 15 is 0 Å². The molecule has 0 rings (SSSR count). The van der Waals surface area contributed by atoms with E-state index in [1.54, 1.807) is 0 Å². The van der Waals surface area contributed by atoms with Crippen molar-refractivity contribution in [2.75, 3.05) is 0 Å². The van der Waals surface area contributed by atoms with Crippen LogP contribution in [0.5, 0.6) is 0 Å². The van der Waals surface area contributed by atoms with Gasteiger partial charge >= 0.3 is 0 Å². The zero-order valence-electron chi connectivity index (χ0n) is 5.17. The van der Waals surface area contributed by atoms with Gasteiger partial charge < -0.3 is 24.9 Å². The molecular formula is C6H9BY-2. The van der Waals surface area contributed by atoms with Crippen LogP contribution in [-0.2, 0) is 32.7 Å². The standard InChI is InChI=1S/C6H9B.Y/c1-2-3-4-5-6-7;/h3-6H,2H2,1H3;/q-2;/b5-4-;. The number of allylic oxidation sites excluding steroid dienone is 2. The Labute approximate surface area is 78.4 Å². The van der Waals surface area contributed by atoms with Crippen molar-refractivity contribution in [3.05, 3.63) is 24.9 Å². The Morgan fingerprint density at radius 2 is 2.12 bits per heavy atom. The summed E-state index contributed by atoms with van der Waals surface area (Å²) in [5, 5.41) is 0. The van der Waals surface area contributed by atoms with Crippen LogP contribution in [0.4, 0.5) is 0 Å². The summed E-state index contributed by atoms with van der Waals surface area (Å²) < 4.78 is 0. The smallest absolute Gasteiger partial charge is 0 e. The zero-order chi connectivity index (χ0) is 5.54. The van der Waals surface area contributed by atoms with E-state index in [1.807, 2.05) is 18.6 Å². The van der Waals surface area contributed by atoms with Crippen LogP contribution in [0.25, 0.3) is 0 Å². The van der Waals surface area contributed by atoms with Crippen molar-refractivity contribution in [3.8, 4) is 0 Å². The fourth-order valence-electron chi connectivity index (χ4n) is 0.279. The van der Waals surface area contributed by atoms with E-state index in [0.29, 0.717) is 0 Å². The van der Waals surface area contributed by atoms with E-state index in [4.69, 9.17) is 7.85 Å². The second kappa shape index (κ2) is 10.6. The minimum absolute atomic E-state index is 0. The van der Waals surface area contributed by atoms with Gasteiger partial charge in [0.1, 0.15) is 0 Å². The molecule has 8 heavy (non-hydrogen) atoms. The Hall–Kier alpha value is 0.649. The molecule has 0 saturated carbocycles. The molecule has 0 aromatic carbocycles. The summed E-state index contributed by atoms with van der Waals surface area (Å²) in [7, 11) is 5.04. The van der Waals surface area contributed by atoms with Crippen LogP contribution in [0.2, 0.25) is 0 Å². The molecule has 0 nitrogen and oxygen atoms in total. The van der Waals surface area contributed by atoms with E-state index < -0.39 is 0 Å². The van der Waals surface area contributed by atoms with Crippen LogP contribution in [0.15, 0.2) is 12.2 Å². The molecule has 0 aliphatic carbocycles. The zero-order valence-corrected chi connectivity index (χ0v) is 8.01. The summed E-state index contributed by atoms with van der Waals surface area (Å²) in [5.74, 6) is 0. The maximum absolute atomic E-state index is 5.04. The van der Waals surface area contributed by atoms with Crippen LogP contribution >= 0.6 is 0 Å². The molecule has 0 N–H and O–H groups in total. The van der Waals surface area contributed by atoms with Gasteiger partial charge in [0.25, 0.3) is 0 Å². The number of rotatable bonds is 3. The van der Waals surface area contributed by atoms with Gasteiger partial charge in [-0.3, -0.25) is 0 Å². The molecule has 0 aliphatic rings. The molecule has 0 amide bonds. The average molecular weight is 181 g/mol. The molecule has 0 spiro atoms. The first kappa shape index (κ1) is 11.4. The molecule has 0 unspecified atom stereocenters. The van der Waals surface area contributed by atoms with Crippen LogP contribution in [-0.4, -0.2) is 7.85 Å². The SMILES string of the molecule is [B][CH-]/C=C\[CH-]CC.[Y]. The van der Waals surface area contributed by atoms with E-state index in [-0.39, 0.29) is 32.7 Å². The van der Waals surface area contributed by atoms with Crippen molar-refractivity contribution < 1.29 is 32.7 Å². The van der Waals surface area contributed by atoms with Gasteiger partial charge in [0.15, 0.2) is 0 Å². The Balaban J connectivity index is 0. The molecule has 0 atom stereocenters. The van der Waals surface area contributed by atoms with Gasteiger partial charge in [0.2, 0.25) is 0 Å². The maximum Gasteiger partial charge on any atom is 0 e. The molecule has 0 fully saturated rings. The van der Waals surface area contributed by atoms with E-state index in [0.717, 1.165) is 6.42 Å². The Bertz CT molecular complexity index is 52.5. The van der Waals surface area contributed by atoms with E-state index in [2.05, 4.69) is 6.92 Å². The first-order chi connectivity index (χ1) is 3.41. The first-order valence-corrected chi connectivity index (χ1v) is 2.45. The predicted molar refractivity (Wildman–Crippen MR) is 33.8 cm³/mol. The van der Waals surface area contributed by atoms with Crippen molar-refractivity contribution in [2.45, 2.75) is 13.3 Å². The first-order valence-electron chi connectivity index (χ1n) is 2.45. The molecule has 0 heterocycles. The Kier molecular flexibility index (Phi) is 15.2. The maximum atomic E-state index is 5.04. The van der Waals surface area contributed by atoms with E-state index in [9.17, 15) is 0 Å². The van der Waals surface area contributed by atoms with Crippen LogP contribution in [0.3, 0.4) is 0 Å². The molecule has 41 valence electrons. The molecule has 0 aliphatic heterocycles. The second-order valence-electron chi connectivity index (χ2n) is 1.22. The topological polar surface area (TPSA) is 0 Å². The van der Waals surface area contributed by atoms with Gasteiger partial charge in [-0.15, -0.1) is 6.42 Å². The molecule has 0 saturated heterocycles. The summed E-state index contributed by atoms with van der Waals surface area (Å²) in [4.78, 5) is 0. The van der Waals surface area contributed by atoms with Crippen LogP contribution in [0.1, 0.15) is 13.3 Å².